The van der Waals surface area contributed by atoms with Gasteiger partial charge in [0, 0.05) is 28.0 Å². The Labute approximate surface area is 192 Å². The van der Waals surface area contributed by atoms with Crippen LogP contribution < -0.4 is 5.43 Å². The highest BCUT2D eigenvalue weighted by molar-refractivity contribution is 6.08. The standard InChI is InChI=1S/C28H25N3O2/c1-4-20-9-12-23(13-10-20)31-18(2)15-22(19(31)3)17-29-30-28(32)27-16-25-24-8-6-5-7-21(24)11-14-26(25)33-27/h5-17H,4H2,1-3H3,(H,30,32). The van der Waals surface area contributed by atoms with Gasteiger partial charge < -0.3 is 8.98 Å². The lowest BCUT2D eigenvalue weighted by molar-refractivity contribution is 0.0929. The fourth-order valence-electron chi connectivity index (χ4n) is 4.32. The Bertz CT molecular complexity index is 1500. The number of aromatic nitrogens is 1. The zero-order valence-corrected chi connectivity index (χ0v) is 18.9. The first-order valence-electron chi connectivity index (χ1n) is 11.1. The van der Waals surface area contributed by atoms with Crippen LogP contribution in [0.15, 0.2) is 82.3 Å². The molecule has 0 bridgehead atoms. The summed E-state index contributed by atoms with van der Waals surface area (Å²) in [6.07, 6.45) is 2.69. The largest absolute Gasteiger partial charge is 0.451 e. The van der Waals surface area contributed by atoms with E-state index in [2.05, 4.69) is 59.3 Å². The van der Waals surface area contributed by atoms with Crippen molar-refractivity contribution >= 4 is 33.9 Å². The molecule has 0 aliphatic rings. The summed E-state index contributed by atoms with van der Waals surface area (Å²) in [5.41, 5.74) is 8.81. The highest BCUT2D eigenvalue weighted by Crippen LogP contribution is 2.28. The summed E-state index contributed by atoms with van der Waals surface area (Å²) in [5.74, 6) is -0.143. The maximum atomic E-state index is 12.7. The van der Waals surface area contributed by atoms with Gasteiger partial charge in [-0.2, -0.15) is 5.10 Å². The second-order valence-corrected chi connectivity index (χ2v) is 8.19. The number of hydrogen-bond acceptors (Lipinski definition) is 3. The SMILES string of the molecule is CCc1ccc(-n2c(C)cc(C=NNC(=O)c3cc4c(ccc5ccccc54)o3)c2C)cc1. The first kappa shape index (κ1) is 20.8. The number of furan rings is 1. The van der Waals surface area contributed by atoms with Crippen LogP contribution in [-0.4, -0.2) is 16.7 Å². The van der Waals surface area contributed by atoms with Gasteiger partial charge in [-0.1, -0.05) is 49.4 Å². The summed E-state index contributed by atoms with van der Waals surface area (Å²) in [7, 11) is 0. The molecular weight excluding hydrogens is 410 g/mol. The topological polar surface area (TPSA) is 59.5 Å². The lowest BCUT2D eigenvalue weighted by Gasteiger charge is -2.10. The highest BCUT2D eigenvalue weighted by atomic mass is 16.3. The van der Waals surface area contributed by atoms with Crippen LogP contribution in [-0.2, 0) is 6.42 Å². The third-order valence-electron chi connectivity index (χ3n) is 6.09. The number of hydrazone groups is 1. The molecule has 3 aromatic carbocycles. The number of hydrogen-bond donors (Lipinski definition) is 1. The molecule has 5 aromatic rings. The minimum absolute atomic E-state index is 0.236. The lowest BCUT2D eigenvalue weighted by atomic mass is 10.1. The molecule has 33 heavy (non-hydrogen) atoms. The molecule has 1 amide bonds. The smallest absolute Gasteiger partial charge is 0.307 e. The van der Waals surface area contributed by atoms with Gasteiger partial charge in [-0.25, -0.2) is 5.43 Å². The van der Waals surface area contributed by atoms with E-state index in [9.17, 15) is 4.79 Å². The van der Waals surface area contributed by atoms with E-state index in [1.54, 1.807) is 12.3 Å². The van der Waals surface area contributed by atoms with Gasteiger partial charge in [0.25, 0.3) is 0 Å². The Morgan fingerprint density at radius 2 is 1.79 bits per heavy atom. The summed E-state index contributed by atoms with van der Waals surface area (Å²) in [5, 5.41) is 7.27. The first-order valence-corrected chi connectivity index (χ1v) is 11.1. The zero-order valence-electron chi connectivity index (χ0n) is 18.9. The van der Waals surface area contributed by atoms with Gasteiger partial charge in [-0.15, -0.1) is 0 Å². The van der Waals surface area contributed by atoms with Gasteiger partial charge in [0.05, 0.1) is 6.21 Å². The Hall–Kier alpha value is -4.12. The van der Waals surface area contributed by atoms with Crippen molar-refractivity contribution in [3.05, 3.63) is 101 Å². The molecule has 5 rings (SSSR count). The molecule has 0 aliphatic heterocycles. The third-order valence-corrected chi connectivity index (χ3v) is 6.09. The van der Waals surface area contributed by atoms with Crippen molar-refractivity contribution in [1.82, 2.24) is 9.99 Å². The second-order valence-electron chi connectivity index (χ2n) is 8.19. The van der Waals surface area contributed by atoms with Crippen molar-refractivity contribution in [1.29, 1.82) is 0 Å². The van der Waals surface area contributed by atoms with Crippen LogP contribution in [0.2, 0.25) is 0 Å². The van der Waals surface area contributed by atoms with Crippen molar-refractivity contribution in [2.75, 3.05) is 0 Å². The number of nitrogens with one attached hydrogen (secondary N) is 1. The summed E-state index contributed by atoms with van der Waals surface area (Å²) >= 11 is 0. The molecule has 1 N–H and O–H groups in total. The molecule has 0 atom stereocenters. The van der Waals surface area contributed by atoms with Crippen LogP contribution >= 0.6 is 0 Å². The summed E-state index contributed by atoms with van der Waals surface area (Å²) in [6.45, 7) is 6.27. The number of nitrogens with zero attached hydrogens (tertiary/aromatic N) is 2. The summed E-state index contributed by atoms with van der Waals surface area (Å²) < 4.78 is 7.96. The monoisotopic (exact) mass is 435 g/mol. The summed E-state index contributed by atoms with van der Waals surface area (Å²) in [6, 6.07) is 24.3. The number of rotatable bonds is 5. The summed E-state index contributed by atoms with van der Waals surface area (Å²) in [4.78, 5) is 12.7. The van der Waals surface area contributed by atoms with Gasteiger partial charge in [-0.3, -0.25) is 4.79 Å². The number of carbonyl (C=O) groups excluding carboxylic acids is 1. The number of fused-ring (bicyclic) bond motifs is 3. The molecular formula is C28H25N3O2. The maximum absolute atomic E-state index is 12.7. The van der Waals surface area contributed by atoms with Gasteiger partial charge in [0.1, 0.15) is 5.58 Å². The van der Waals surface area contributed by atoms with Crippen LogP contribution in [0.3, 0.4) is 0 Å². The van der Waals surface area contributed by atoms with E-state index in [4.69, 9.17) is 4.42 Å². The van der Waals surface area contributed by atoms with Crippen LogP contribution in [0.4, 0.5) is 0 Å². The lowest BCUT2D eigenvalue weighted by Crippen LogP contribution is -2.16. The van der Waals surface area contributed by atoms with Crippen LogP contribution in [0, 0.1) is 13.8 Å². The molecule has 5 heteroatoms. The molecule has 0 aliphatic carbocycles. The predicted octanol–water partition coefficient (Wildman–Crippen LogP) is 6.32. The molecule has 0 radical (unpaired) electrons. The van der Waals surface area contributed by atoms with E-state index < -0.39 is 0 Å². The fourth-order valence-corrected chi connectivity index (χ4v) is 4.32. The van der Waals surface area contributed by atoms with E-state index in [0.717, 1.165) is 45.2 Å². The molecule has 164 valence electrons. The first-order chi connectivity index (χ1) is 16.0. The molecule has 0 unspecified atom stereocenters. The number of benzene rings is 3. The predicted molar refractivity (Wildman–Crippen MR) is 133 cm³/mol. The van der Waals surface area contributed by atoms with Crippen molar-refractivity contribution in [3.8, 4) is 5.69 Å². The normalized spacial score (nSPS) is 11.6. The van der Waals surface area contributed by atoms with Crippen molar-refractivity contribution in [2.24, 2.45) is 5.10 Å². The molecule has 0 fully saturated rings. The van der Waals surface area contributed by atoms with E-state index in [1.807, 2.05) is 43.3 Å². The molecule has 5 nitrogen and oxygen atoms in total. The third kappa shape index (κ3) is 3.82. The second kappa shape index (κ2) is 8.43. The average molecular weight is 436 g/mol. The molecule has 0 saturated heterocycles. The average Bonchev–Trinajstić information content (AvgIpc) is 3.40. The van der Waals surface area contributed by atoms with E-state index in [0.29, 0.717) is 5.58 Å². The Balaban J connectivity index is 1.36. The van der Waals surface area contributed by atoms with Gasteiger partial charge in [0.15, 0.2) is 5.76 Å². The van der Waals surface area contributed by atoms with Gasteiger partial charge in [0.2, 0.25) is 0 Å². The number of aryl methyl sites for hydroxylation is 2. The quantitative estimate of drug-likeness (QED) is 0.259. The van der Waals surface area contributed by atoms with E-state index in [1.165, 1.54) is 5.56 Å². The Morgan fingerprint density at radius 1 is 1.00 bits per heavy atom. The van der Waals surface area contributed by atoms with Crippen molar-refractivity contribution in [3.63, 3.8) is 0 Å². The van der Waals surface area contributed by atoms with Crippen LogP contribution in [0.1, 0.15) is 40.0 Å². The van der Waals surface area contributed by atoms with Crippen LogP contribution in [0.25, 0.3) is 27.4 Å². The van der Waals surface area contributed by atoms with Crippen LogP contribution in [0.5, 0.6) is 0 Å². The Morgan fingerprint density at radius 3 is 2.58 bits per heavy atom. The van der Waals surface area contributed by atoms with Gasteiger partial charge in [-0.05, 0) is 66.9 Å². The Kier molecular flexibility index (Phi) is 5.31. The number of carbonyl (C=O) groups is 1. The minimum atomic E-state index is -0.379. The minimum Gasteiger partial charge on any atom is -0.451 e. The van der Waals surface area contributed by atoms with Crippen molar-refractivity contribution in [2.45, 2.75) is 27.2 Å². The zero-order chi connectivity index (χ0) is 22.9. The fraction of sp³-hybridized carbons (Fsp3) is 0.143. The van der Waals surface area contributed by atoms with E-state index >= 15 is 0 Å². The molecule has 0 saturated carbocycles. The molecule has 2 heterocycles. The van der Waals surface area contributed by atoms with E-state index in [-0.39, 0.29) is 11.7 Å². The maximum Gasteiger partial charge on any atom is 0.307 e. The number of amides is 1. The molecule has 0 spiro atoms. The van der Waals surface area contributed by atoms with Crippen molar-refractivity contribution < 1.29 is 9.21 Å². The highest BCUT2D eigenvalue weighted by Gasteiger charge is 2.14. The van der Waals surface area contributed by atoms with Gasteiger partial charge >= 0.3 is 5.91 Å². The molecule has 2 aromatic heterocycles.